The Kier molecular flexibility index (Phi) is 4.22. The minimum absolute atomic E-state index is 0.294. The fourth-order valence-electron chi connectivity index (χ4n) is 2.13. The Labute approximate surface area is 132 Å². The second-order valence-electron chi connectivity index (χ2n) is 4.38. The molecule has 24 heavy (non-hydrogen) atoms. The quantitative estimate of drug-likeness (QED) is 0.616. The standard InChI is InChI=1S/C14H8N2O8/c17-11(18)7-5(1-3-15-9(7)13(21)22)6-2-4-16-10(14(23)24)8(6)12(19)20/h1-4H,(H,17,18)(H,19,20)(H,21,22)(H,23,24). The lowest BCUT2D eigenvalue weighted by atomic mass is 9.94. The van der Waals surface area contributed by atoms with E-state index in [9.17, 15) is 29.4 Å². The van der Waals surface area contributed by atoms with Crippen molar-refractivity contribution in [3.8, 4) is 11.1 Å². The molecule has 2 heterocycles. The number of hydrogen-bond acceptors (Lipinski definition) is 6. The summed E-state index contributed by atoms with van der Waals surface area (Å²) in [6.45, 7) is 0. The van der Waals surface area contributed by atoms with Crippen LogP contribution in [-0.2, 0) is 0 Å². The summed E-state index contributed by atoms with van der Waals surface area (Å²) in [5.41, 5.74) is -3.70. The van der Waals surface area contributed by atoms with Gasteiger partial charge in [-0.25, -0.2) is 29.1 Å². The molecule has 0 aliphatic heterocycles. The monoisotopic (exact) mass is 332 g/mol. The van der Waals surface area contributed by atoms with Gasteiger partial charge in [0, 0.05) is 23.5 Å². The van der Waals surface area contributed by atoms with Crippen LogP contribution in [0, 0.1) is 0 Å². The van der Waals surface area contributed by atoms with Crippen LogP contribution in [0.5, 0.6) is 0 Å². The lowest BCUT2D eigenvalue weighted by Gasteiger charge is -2.12. The molecule has 0 aliphatic rings. The van der Waals surface area contributed by atoms with E-state index in [0.717, 1.165) is 24.5 Å². The van der Waals surface area contributed by atoms with E-state index < -0.39 is 46.4 Å². The first kappa shape index (κ1) is 16.5. The topological polar surface area (TPSA) is 175 Å². The number of nitrogens with zero attached hydrogens (tertiary/aromatic N) is 2. The second-order valence-corrected chi connectivity index (χ2v) is 4.38. The van der Waals surface area contributed by atoms with Gasteiger partial charge in [-0.1, -0.05) is 0 Å². The summed E-state index contributed by atoms with van der Waals surface area (Å²) >= 11 is 0. The molecule has 0 amide bonds. The number of carboxylic acids is 4. The first-order chi connectivity index (χ1) is 11.3. The van der Waals surface area contributed by atoms with Gasteiger partial charge in [0.05, 0.1) is 0 Å². The number of rotatable bonds is 5. The fourth-order valence-corrected chi connectivity index (χ4v) is 2.13. The van der Waals surface area contributed by atoms with E-state index in [2.05, 4.69) is 9.97 Å². The van der Waals surface area contributed by atoms with Crippen molar-refractivity contribution < 1.29 is 39.6 Å². The summed E-state index contributed by atoms with van der Waals surface area (Å²) in [5, 5.41) is 36.7. The van der Waals surface area contributed by atoms with Crippen LogP contribution < -0.4 is 0 Å². The number of carboxylic acid groups (broad SMARTS) is 4. The van der Waals surface area contributed by atoms with Crippen LogP contribution in [0.4, 0.5) is 0 Å². The van der Waals surface area contributed by atoms with Crippen molar-refractivity contribution in [1.29, 1.82) is 0 Å². The largest absolute Gasteiger partial charge is 0.478 e. The highest BCUT2D eigenvalue weighted by atomic mass is 16.4. The van der Waals surface area contributed by atoms with Crippen molar-refractivity contribution in [2.75, 3.05) is 0 Å². The van der Waals surface area contributed by atoms with Crippen LogP contribution >= 0.6 is 0 Å². The number of aromatic carboxylic acids is 4. The zero-order valence-electron chi connectivity index (χ0n) is 11.6. The maximum absolute atomic E-state index is 11.4. The first-order valence-corrected chi connectivity index (χ1v) is 6.17. The van der Waals surface area contributed by atoms with E-state index >= 15 is 0 Å². The maximum Gasteiger partial charge on any atom is 0.355 e. The van der Waals surface area contributed by atoms with Crippen LogP contribution in [0.25, 0.3) is 11.1 Å². The molecule has 2 rings (SSSR count). The Bertz CT molecular complexity index is 817. The molecule has 0 aliphatic carbocycles. The lowest BCUT2D eigenvalue weighted by Crippen LogP contribution is -2.15. The number of pyridine rings is 2. The average Bonchev–Trinajstić information content (AvgIpc) is 2.52. The van der Waals surface area contributed by atoms with Gasteiger partial charge in [-0.15, -0.1) is 0 Å². The van der Waals surface area contributed by atoms with Crippen molar-refractivity contribution in [1.82, 2.24) is 9.97 Å². The van der Waals surface area contributed by atoms with Crippen LogP contribution in [0.2, 0.25) is 0 Å². The van der Waals surface area contributed by atoms with Gasteiger partial charge in [-0.2, -0.15) is 0 Å². The van der Waals surface area contributed by atoms with E-state index in [4.69, 9.17) is 10.2 Å². The average molecular weight is 332 g/mol. The molecule has 0 spiro atoms. The van der Waals surface area contributed by atoms with Gasteiger partial charge < -0.3 is 20.4 Å². The summed E-state index contributed by atoms with van der Waals surface area (Å²) in [5.74, 6) is -6.56. The van der Waals surface area contributed by atoms with Gasteiger partial charge in [0.15, 0.2) is 11.4 Å². The fraction of sp³-hybridized carbons (Fsp3) is 0. The number of aromatic nitrogens is 2. The summed E-state index contributed by atoms with van der Waals surface area (Å²) in [6, 6.07) is 2.17. The molecule has 0 bridgehead atoms. The number of hydrogen-bond donors (Lipinski definition) is 4. The zero-order chi connectivity index (χ0) is 18.0. The van der Waals surface area contributed by atoms with Gasteiger partial charge in [0.25, 0.3) is 0 Å². The molecule has 0 unspecified atom stereocenters. The molecule has 0 fully saturated rings. The highest BCUT2D eigenvalue weighted by molar-refractivity contribution is 6.10. The lowest BCUT2D eigenvalue weighted by molar-refractivity contribution is 0.0645. The Morgan fingerprint density at radius 1 is 0.625 bits per heavy atom. The molecule has 0 saturated heterocycles. The van der Waals surface area contributed by atoms with Crippen molar-refractivity contribution in [2.24, 2.45) is 0 Å². The molecule has 122 valence electrons. The van der Waals surface area contributed by atoms with E-state index in [-0.39, 0.29) is 11.1 Å². The van der Waals surface area contributed by atoms with Gasteiger partial charge in [-0.05, 0) is 12.1 Å². The Morgan fingerprint density at radius 3 is 1.21 bits per heavy atom. The molecule has 10 nitrogen and oxygen atoms in total. The molecule has 0 saturated carbocycles. The predicted octanol–water partition coefficient (Wildman–Crippen LogP) is 0.936. The molecule has 4 N–H and O–H groups in total. The van der Waals surface area contributed by atoms with Crippen LogP contribution in [-0.4, -0.2) is 54.3 Å². The van der Waals surface area contributed by atoms with Gasteiger partial charge in [-0.3, -0.25) is 0 Å². The zero-order valence-corrected chi connectivity index (χ0v) is 11.6. The third kappa shape index (κ3) is 2.75. The molecule has 0 atom stereocenters. The van der Waals surface area contributed by atoms with E-state index in [1.54, 1.807) is 0 Å². The summed E-state index contributed by atoms with van der Waals surface area (Å²) < 4.78 is 0. The summed E-state index contributed by atoms with van der Waals surface area (Å²) in [7, 11) is 0. The third-order valence-corrected chi connectivity index (χ3v) is 3.03. The van der Waals surface area contributed by atoms with Crippen LogP contribution in [0.3, 0.4) is 0 Å². The van der Waals surface area contributed by atoms with E-state index in [1.807, 2.05) is 0 Å². The normalized spacial score (nSPS) is 10.2. The molecular weight excluding hydrogens is 324 g/mol. The van der Waals surface area contributed by atoms with Crippen molar-refractivity contribution in [2.45, 2.75) is 0 Å². The minimum atomic E-state index is -1.65. The molecular formula is C14H8N2O8. The molecule has 0 aromatic carbocycles. The van der Waals surface area contributed by atoms with Crippen molar-refractivity contribution in [3.05, 3.63) is 47.0 Å². The second kappa shape index (κ2) is 6.12. The molecule has 2 aromatic rings. The molecule has 10 heteroatoms. The highest BCUT2D eigenvalue weighted by Crippen LogP contribution is 2.30. The predicted molar refractivity (Wildman–Crippen MR) is 75.3 cm³/mol. The van der Waals surface area contributed by atoms with Crippen molar-refractivity contribution >= 4 is 23.9 Å². The molecule has 2 aromatic heterocycles. The van der Waals surface area contributed by atoms with Gasteiger partial charge >= 0.3 is 23.9 Å². The van der Waals surface area contributed by atoms with Gasteiger partial charge in [0.1, 0.15) is 11.1 Å². The minimum Gasteiger partial charge on any atom is -0.478 e. The third-order valence-electron chi connectivity index (χ3n) is 3.03. The highest BCUT2D eigenvalue weighted by Gasteiger charge is 2.28. The van der Waals surface area contributed by atoms with Crippen LogP contribution in [0.15, 0.2) is 24.5 Å². The maximum atomic E-state index is 11.4. The van der Waals surface area contributed by atoms with Crippen molar-refractivity contribution in [3.63, 3.8) is 0 Å². The molecule has 0 radical (unpaired) electrons. The smallest absolute Gasteiger partial charge is 0.355 e. The Balaban J connectivity index is 2.93. The SMILES string of the molecule is O=C(O)c1nccc(-c2ccnc(C(=O)O)c2C(=O)O)c1C(=O)O. The van der Waals surface area contributed by atoms with Gasteiger partial charge in [0.2, 0.25) is 0 Å². The van der Waals surface area contributed by atoms with Crippen LogP contribution in [0.1, 0.15) is 41.7 Å². The Morgan fingerprint density at radius 2 is 0.958 bits per heavy atom. The Hall–Kier alpha value is -3.82. The van der Waals surface area contributed by atoms with E-state index in [1.165, 1.54) is 0 Å². The summed E-state index contributed by atoms with van der Waals surface area (Å²) in [6.07, 6.45) is 1.97. The first-order valence-electron chi connectivity index (χ1n) is 6.17. The number of carbonyl (C=O) groups is 4. The summed E-state index contributed by atoms with van der Waals surface area (Å²) in [4.78, 5) is 52.1. The van der Waals surface area contributed by atoms with E-state index in [0.29, 0.717) is 0 Å².